The summed E-state index contributed by atoms with van der Waals surface area (Å²) in [5, 5.41) is 18.6. The highest BCUT2D eigenvalue weighted by atomic mass is 16.6. The summed E-state index contributed by atoms with van der Waals surface area (Å²) < 4.78 is 1.84. The first kappa shape index (κ1) is 19.1. The van der Waals surface area contributed by atoms with Crippen LogP contribution >= 0.6 is 0 Å². The normalized spacial score (nSPS) is 11.3. The molecule has 1 N–H and O–H groups in total. The van der Waals surface area contributed by atoms with Gasteiger partial charge in [-0.25, -0.2) is 4.68 Å². The van der Waals surface area contributed by atoms with Crippen molar-refractivity contribution in [2.75, 3.05) is 14.1 Å². The fourth-order valence-corrected chi connectivity index (χ4v) is 2.86. The van der Waals surface area contributed by atoms with Gasteiger partial charge in [0.2, 0.25) is 0 Å². The third-order valence-electron chi connectivity index (χ3n) is 4.22. The van der Waals surface area contributed by atoms with Crippen LogP contribution in [0.1, 0.15) is 11.1 Å². The lowest BCUT2D eigenvalue weighted by atomic mass is 10.2. The van der Waals surface area contributed by atoms with Gasteiger partial charge in [0, 0.05) is 51.1 Å². The quantitative estimate of drug-likeness (QED) is 0.308. The van der Waals surface area contributed by atoms with Crippen molar-refractivity contribution in [2.24, 2.45) is 4.99 Å². The molecule has 0 fully saturated rings. The van der Waals surface area contributed by atoms with E-state index in [2.05, 4.69) is 15.4 Å². The van der Waals surface area contributed by atoms with E-state index < -0.39 is 4.92 Å². The Balaban J connectivity index is 1.61. The Kier molecular flexibility index (Phi) is 6.01. The van der Waals surface area contributed by atoms with Crippen LogP contribution in [0, 0.1) is 10.1 Å². The second-order valence-corrected chi connectivity index (χ2v) is 6.31. The first-order chi connectivity index (χ1) is 13.6. The van der Waals surface area contributed by atoms with Gasteiger partial charge in [0.25, 0.3) is 5.69 Å². The number of non-ortho nitro benzene ring substituents is 1. The molecule has 3 rings (SSSR count). The molecule has 0 unspecified atom stereocenters. The van der Waals surface area contributed by atoms with Crippen molar-refractivity contribution >= 4 is 11.6 Å². The Bertz CT molecular complexity index is 968. The zero-order chi connectivity index (χ0) is 19.9. The van der Waals surface area contributed by atoms with E-state index in [0.717, 1.165) is 16.8 Å². The molecule has 0 amide bonds. The second-order valence-electron chi connectivity index (χ2n) is 6.31. The molecule has 0 aliphatic rings. The molecule has 2 aromatic carbocycles. The van der Waals surface area contributed by atoms with Gasteiger partial charge in [-0.1, -0.05) is 30.3 Å². The van der Waals surface area contributed by atoms with Crippen molar-refractivity contribution in [1.82, 2.24) is 20.0 Å². The van der Waals surface area contributed by atoms with Crippen molar-refractivity contribution in [1.29, 1.82) is 0 Å². The first-order valence-electron chi connectivity index (χ1n) is 8.81. The molecule has 8 heteroatoms. The van der Waals surface area contributed by atoms with Gasteiger partial charge >= 0.3 is 0 Å². The van der Waals surface area contributed by atoms with Crippen LogP contribution in [0.4, 0.5) is 5.69 Å². The SMILES string of the molecule is CN=C(NCc1cccc([N+](=O)[O-])c1)N(C)Cc1cnn(-c2ccccc2)c1. The summed E-state index contributed by atoms with van der Waals surface area (Å²) in [6, 6.07) is 16.5. The van der Waals surface area contributed by atoms with Crippen molar-refractivity contribution < 1.29 is 4.92 Å². The molecule has 28 heavy (non-hydrogen) atoms. The number of para-hydroxylation sites is 1. The summed E-state index contributed by atoms with van der Waals surface area (Å²) in [6.45, 7) is 1.07. The van der Waals surface area contributed by atoms with Crippen LogP contribution in [0.25, 0.3) is 5.69 Å². The maximum atomic E-state index is 10.9. The number of guanidine groups is 1. The number of nitrogens with one attached hydrogen (secondary N) is 1. The number of rotatable bonds is 6. The monoisotopic (exact) mass is 378 g/mol. The molecule has 0 aliphatic carbocycles. The van der Waals surface area contributed by atoms with Gasteiger partial charge in [0.1, 0.15) is 0 Å². The summed E-state index contributed by atoms with van der Waals surface area (Å²) in [5.41, 5.74) is 2.95. The number of nitro groups is 1. The van der Waals surface area contributed by atoms with Crippen LogP contribution in [0.3, 0.4) is 0 Å². The molecule has 1 aromatic heterocycles. The number of benzene rings is 2. The van der Waals surface area contributed by atoms with Gasteiger partial charge in [0.15, 0.2) is 5.96 Å². The Morgan fingerprint density at radius 1 is 1.21 bits per heavy atom. The number of nitrogens with zero attached hydrogens (tertiary/aromatic N) is 5. The molecule has 0 saturated heterocycles. The predicted molar refractivity (Wildman–Crippen MR) is 108 cm³/mol. The molecular weight excluding hydrogens is 356 g/mol. The summed E-state index contributed by atoms with van der Waals surface area (Å²) in [4.78, 5) is 16.8. The predicted octanol–water partition coefficient (Wildman–Crippen LogP) is 2.99. The molecule has 0 radical (unpaired) electrons. The summed E-state index contributed by atoms with van der Waals surface area (Å²) in [7, 11) is 3.64. The highest BCUT2D eigenvalue weighted by molar-refractivity contribution is 5.79. The van der Waals surface area contributed by atoms with E-state index in [0.29, 0.717) is 19.0 Å². The van der Waals surface area contributed by atoms with Gasteiger partial charge in [-0.05, 0) is 17.7 Å². The fourth-order valence-electron chi connectivity index (χ4n) is 2.86. The van der Waals surface area contributed by atoms with Gasteiger partial charge in [-0.3, -0.25) is 15.1 Å². The Labute approximate surface area is 163 Å². The van der Waals surface area contributed by atoms with E-state index >= 15 is 0 Å². The third-order valence-corrected chi connectivity index (χ3v) is 4.22. The molecule has 0 bridgehead atoms. The topological polar surface area (TPSA) is 88.6 Å². The number of hydrogen-bond acceptors (Lipinski definition) is 4. The average Bonchev–Trinajstić information content (AvgIpc) is 3.18. The van der Waals surface area contributed by atoms with Crippen molar-refractivity contribution in [3.63, 3.8) is 0 Å². The average molecular weight is 378 g/mol. The smallest absolute Gasteiger partial charge is 0.269 e. The van der Waals surface area contributed by atoms with Gasteiger partial charge in [0.05, 0.1) is 16.8 Å². The van der Waals surface area contributed by atoms with Crippen LogP contribution in [0.2, 0.25) is 0 Å². The highest BCUT2D eigenvalue weighted by Crippen LogP contribution is 2.13. The van der Waals surface area contributed by atoms with Gasteiger partial charge in [-0.2, -0.15) is 5.10 Å². The molecule has 0 saturated carbocycles. The number of aliphatic imine (C=N–C) groups is 1. The zero-order valence-corrected chi connectivity index (χ0v) is 15.8. The van der Waals surface area contributed by atoms with E-state index in [-0.39, 0.29) is 5.69 Å². The molecule has 0 atom stereocenters. The largest absolute Gasteiger partial charge is 0.352 e. The minimum absolute atomic E-state index is 0.0796. The van der Waals surface area contributed by atoms with Crippen LogP contribution in [0.15, 0.2) is 72.0 Å². The molecule has 144 valence electrons. The van der Waals surface area contributed by atoms with E-state index in [1.807, 2.05) is 65.4 Å². The van der Waals surface area contributed by atoms with Gasteiger partial charge < -0.3 is 10.2 Å². The van der Waals surface area contributed by atoms with Crippen LogP contribution < -0.4 is 5.32 Å². The van der Waals surface area contributed by atoms with Crippen LogP contribution in [0.5, 0.6) is 0 Å². The Morgan fingerprint density at radius 2 is 2.00 bits per heavy atom. The minimum Gasteiger partial charge on any atom is -0.352 e. The molecule has 8 nitrogen and oxygen atoms in total. The Hall–Kier alpha value is -3.68. The molecular formula is C20H22N6O2. The van der Waals surface area contributed by atoms with Crippen molar-refractivity contribution in [2.45, 2.75) is 13.1 Å². The zero-order valence-electron chi connectivity index (χ0n) is 15.8. The second kappa shape index (κ2) is 8.81. The summed E-state index contributed by atoms with van der Waals surface area (Å²) in [5.74, 6) is 0.693. The number of hydrogen-bond donors (Lipinski definition) is 1. The molecule has 3 aromatic rings. The van der Waals surface area contributed by atoms with E-state index in [1.54, 1.807) is 19.2 Å². The molecule has 0 aliphatic heterocycles. The highest BCUT2D eigenvalue weighted by Gasteiger charge is 2.10. The minimum atomic E-state index is -0.394. The summed E-state index contributed by atoms with van der Waals surface area (Å²) in [6.07, 6.45) is 3.82. The maximum absolute atomic E-state index is 10.9. The van der Waals surface area contributed by atoms with E-state index in [9.17, 15) is 10.1 Å². The molecule has 0 spiro atoms. The fraction of sp³-hybridized carbons (Fsp3) is 0.200. The maximum Gasteiger partial charge on any atom is 0.269 e. The third kappa shape index (κ3) is 4.73. The first-order valence-corrected chi connectivity index (χ1v) is 8.81. The van der Waals surface area contributed by atoms with Gasteiger partial charge in [-0.15, -0.1) is 0 Å². The van der Waals surface area contributed by atoms with Crippen LogP contribution in [-0.4, -0.2) is 39.7 Å². The standard InChI is InChI=1S/C20H22N6O2/c1-21-20(22-12-16-7-6-10-19(11-16)26(27)28)24(2)14-17-13-23-25(15-17)18-8-4-3-5-9-18/h3-11,13,15H,12,14H2,1-2H3,(H,21,22). The van der Waals surface area contributed by atoms with Crippen molar-refractivity contribution in [3.05, 3.63) is 88.2 Å². The van der Waals surface area contributed by atoms with E-state index in [4.69, 9.17) is 0 Å². The lowest BCUT2D eigenvalue weighted by Crippen LogP contribution is -2.37. The van der Waals surface area contributed by atoms with E-state index in [1.165, 1.54) is 6.07 Å². The number of aromatic nitrogens is 2. The Morgan fingerprint density at radius 3 is 2.71 bits per heavy atom. The lowest BCUT2D eigenvalue weighted by molar-refractivity contribution is -0.384. The van der Waals surface area contributed by atoms with Crippen LogP contribution in [-0.2, 0) is 13.1 Å². The van der Waals surface area contributed by atoms with Crippen molar-refractivity contribution in [3.8, 4) is 5.69 Å². The summed E-state index contributed by atoms with van der Waals surface area (Å²) >= 11 is 0. The molecule has 1 heterocycles. The number of nitro benzene ring substituents is 1. The lowest BCUT2D eigenvalue weighted by Gasteiger charge is -2.21.